The molecule has 2 aliphatic rings. The third-order valence-corrected chi connectivity index (χ3v) is 4.87. The molecule has 0 bridgehead atoms. The summed E-state index contributed by atoms with van der Waals surface area (Å²) in [7, 11) is 0. The molecular formula is C16H18ClNO3. The van der Waals surface area contributed by atoms with E-state index in [0.29, 0.717) is 37.3 Å². The first-order chi connectivity index (χ1) is 10.1. The highest BCUT2D eigenvalue weighted by atomic mass is 35.5. The molecule has 0 aromatic heterocycles. The van der Waals surface area contributed by atoms with Gasteiger partial charge in [0.1, 0.15) is 0 Å². The third kappa shape index (κ3) is 2.77. The molecule has 112 valence electrons. The first kappa shape index (κ1) is 14.4. The Morgan fingerprint density at radius 3 is 2.48 bits per heavy atom. The predicted octanol–water partition coefficient (Wildman–Crippen LogP) is 3.12. The summed E-state index contributed by atoms with van der Waals surface area (Å²) in [5.41, 5.74) is 2.08. The third-order valence-electron chi connectivity index (χ3n) is 4.63. The number of carbonyl (C=O) groups excluding carboxylic acids is 1. The smallest absolute Gasteiger partial charge is 0.306 e. The van der Waals surface area contributed by atoms with Crippen molar-refractivity contribution in [2.75, 3.05) is 11.4 Å². The minimum Gasteiger partial charge on any atom is -0.481 e. The number of hydrogen-bond acceptors (Lipinski definition) is 2. The van der Waals surface area contributed by atoms with Crippen LogP contribution in [0.5, 0.6) is 0 Å². The molecule has 1 aromatic carbocycles. The Balaban J connectivity index is 1.71. The van der Waals surface area contributed by atoms with E-state index < -0.39 is 5.97 Å². The van der Waals surface area contributed by atoms with Gasteiger partial charge in [-0.3, -0.25) is 9.59 Å². The molecule has 5 heteroatoms. The minimum atomic E-state index is -0.737. The summed E-state index contributed by atoms with van der Waals surface area (Å²) in [5.74, 6) is -0.945. The molecule has 1 fully saturated rings. The minimum absolute atomic E-state index is 0.0504. The molecule has 1 aliphatic carbocycles. The Bertz CT molecular complexity index is 579. The van der Waals surface area contributed by atoms with Gasteiger partial charge >= 0.3 is 5.97 Å². The summed E-state index contributed by atoms with van der Waals surface area (Å²) in [4.78, 5) is 25.5. The maximum atomic E-state index is 12.7. The highest BCUT2D eigenvalue weighted by molar-refractivity contribution is 6.31. The molecule has 0 radical (unpaired) electrons. The van der Waals surface area contributed by atoms with Crippen LogP contribution in [0, 0.1) is 11.8 Å². The summed E-state index contributed by atoms with van der Waals surface area (Å²) >= 11 is 6.03. The van der Waals surface area contributed by atoms with Crippen molar-refractivity contribution in [3.05, 3.63) is 28.8 Å². The van der Waals surface area contributed by atoms with Crippen LogP contribution in [0.2, 0.25) is 5.02 Å². The Labute approximate surface area is 128 Å². The van der Waals surface area contributed by atoms with Gasteiger partial charge in [0.2, 0.25) is 5.91 Å². The second kappa shape index (κ2) is 5.68. The van der Waals surface area contributed by atoms with E-state index in [1.807, 2.05) is 23.1 Å². The molecule has 1 N–H and O–H groups in total. The van der Waals surface area contributed by atoms with Gasteiger partial charge in [-0.1, -0.05) is 17.7 Å². The van der Waals surface area contributed by atoms with Gasteiger partial charge in [0.15, 0.2) is 0 Å². The highest BCUT2D eigenvalue weighted by Gasteiger charge is 2.34. The van der Waals surface area contributed by atoms with Crippen molar-refractivity contribution in [3.8, 4) is 0 Å². The maximum absolute atomic E-state index is 12.7. The molecule has 1 amide bonds. The number of aliphatic carboxylic acids is 1. The van der Waals surface area contributed by atoms with E-state index in [2.05, 4.69) is 0 Å². The van der Waals surface area contributed by atoms with Crippen molar-refractivity contribution in [1.82, 2.24) is 0 Å². The Morgan fingerprint density at radius 1 is 1.14 bits per heavy atom. The molecular weight excluding hydrogens is 290 g/mol. The average Bonchev–Trinajstić information content (AvgIpc) is 2.89. The molecule has 0 saturated heterocycles. The van der Waals surface area contributed by atoms with Crippen LogP contribution in [0.4, 0.5) is 5.69 Å². The van der Waals surface area contributed by atoms with Crippen LogP contribution in [-0.4, -0.2) is 23.5 Å². The zero-order valence-electron chi connectivity index (χ0n) is 11.7. The standard InChI is InChI=1S/C16H18ClNO3/c17-13-6-5-10-7-8-18(14(10)9-13)15(19)11-1-3-12(4-2-11)16(20)21/h5-6,9,11-12H,1-4,7-8H2,(H,20,21). The first-order valence-corrected chi connectivity index (χ1v) is 7.76. The molecule has 4 nitrogen and oxygen atoms in total. The van der Waals surface area contributed by atoms with E-state index in [-0.39, 0.29) is 17.7 Å². The number of carbonyl (C=O) groups is 2. The van der Waals surface area contributed by atoms with Crippen LogP contribution in [0.1, 0.15) is 31.2 Å². The average molecular weight is 308 g/mol. The number of nitrogens with zero attached hydrogens (tertiary/aromatic N) is 1. The lowest BCUT2D eigenvalue weighted by Crippen LogP contribution is -2.37. The zero-order valence-corrected chi connectivity index (χ0v) is 12.5. The van der Waals surface area contributed by atoms with Gasteiger partial charge in [-0.2, -0.15) is 0 Å². The van der Waals surface area contributed by atoms with E-state index in [4.69, 9.17) is 16.7 Å². The number of anilines is 1. The van der Waals surface area contributed by atoms with Gasteiger partial charge in [-0.05, 0) is 49.8 Å². The van der Waals surface area contributed by atoms with Crippen LogP contribution in [0.3, 0.4) is 0 Å². The maximum Gasteiger partial charge on any atom is 0.306 e. The van der Waals surface area contributed by atoms with Gasteiger partial charge in [-0.25, -0.2) is 0 Å². The Morgan fingerprint density at radius 2 is 1.81 bits per heavy atom. The number of halogens is 1. The van der Waals surface area contributed by atoms with E-state index in [9.17, 15) is 9.59 Å². The monoisotopic (exact) mass is 307 g/mol. The Kier molecular flexibility index (Phi) is 3.89. The number of fused-ring (bicyclic) bond motifs is 1. The van der Waals surface area contributed by atoms with Crippen LogP contribution in [0.15, 0.2) is 18.2 Å². The molecule has 1 aliphatic heterocycles. The van der Waals surface area contributed by atoms with Crippen LogP contribution in [0.25, 0.3) is 0 Å². The van der Waals surface area contributed by atoms with E-state index in [1.165, 1.54) is 0 Å². The van der Waals surface area contributed by atoms with E-state index >= 15 is 0 Å². The second-order valence-corrected chi connectivity index (χ2v) is 6.34. The fourth-order valence-corrected chi connectivity index (χ4v) is 3.56. The molecule has 0 unspecified atom stereocenters. The first-order valence-electron chi connectivity index (χ1n) is 7.39. The van der Waals surface area contributed by atoms with Gasteiger partial charge in [0, 0.05) is 23.2 Å². The van der Waals surface area contributed by atoms with Crippen molar-refractivity contribution >= 4 is 29.2 Å². The normalized spacial score (nSPS) is 24.7. The summed E-state index contributed by atoms with van der Waals surface area (Å²) in [6.45, 7) is 0.702. The quantitative estimate of drug-likeness (QED) is 0.913. The van der Waals surface area contributed by atoms with Gasteiger partial charge in [0.05, 0.1) is 5.92 Å². The van der Waals surface area contributed by atoms with Crippen molar-refractivity contribution < 1.29 is 14.7 Å². The van der Waals surface area contributed by atoms with E-state index in [1.54, 1.807) is 0 Å². The number of carboxylic acid groups (broad SMARTS) is 1. The Hall–Kier alpha value is -1.55. The summed E-state index contributed by atoms with van der Waals surface area (Å²) < 4.78 is 0. The second-order valence-electron chi connectivity index (χ2n) is 5.90. The molecule has 1 aromatic rings. The lowest BCUT2D eigenvalue weighted by Gasteiger charge is -2.29. The number of carboxylic acids is 1. The predicted molar refractivity (Wildman–Crippen MR) is 80.6 cm³/mol. The van der Waals surface area contributed by atoms with Crippen LogP contribution < -0.4 is 4.90 Å². The number of hydrogen-bond donors (Lipinski definition) is 1. The van der Waals surface area contributed by atoms with Crippen LogP contribution >= 0.6 is 11.6 Å². The molecule has 3 rings (SSSR count). The van der Waals surface area contributed by atoms with Crippen LogP contribution in [-0.2, 0) is 16.0 Å². The summed E-state index contributed by atoms with van der Waals surface area (Å²) in [5, 5.41) is 9.67. The summed E-state index contributed by atoms with van der Waals surface area (Å²) in [6, 6.07) is 5.68. The van der Waals surface area contributed by atoms with Crippen molar-refractivity contribution in [3.63, 3.8) is 0 Å². The number of amides is 1. The molecule has 0 spiro atoms. The lowest BCUT2D eigenvalue weighted by atomic mass is 9.81. The number of benzene rings is 1. The largest absolute Gasteiger partial charge is 0.481 e. The lowest BCUT2D eigenvalue weighted by molar-refractivity contribution is -0.144. The molecule has 1 heterocycles. The molecule has 1 saturated carbocycles. The summed E-state index contributed by atoms with van der Waals surface area (Å²) in [6.07, 6.45) is 3.40. The highest BCUT2D eigenvalue weighted by Crippen LogP contribution is 2.35. The van der Waals surface area contributed by atoms with Gasteiger partial charge in [-0.15, -0.1) is 0 Å². The van der Waals surface area contributed by atoms with Gasteiger partial charge < -0.3 is 10.0 Å². The SMILES string of the molecule is O=C(O)C1CCC(C(=O)N2CCc3ccc(Cl)cc32)CC1. The number of rotatable bonds is 2. The molecule has 0 atom stereocenters. The van der Waals surface area contributed by atoms with Crippen molar-refractivity contribution in [2.45, 2.75) is 32.1 Å². The van der Waals surface area contributed by atoms with Gasteiger partial charge in [0.25, 0.3) is 0 Å². The zero-order chi connectivity index (χ0) is 15.0. The van der Waals surface area contributed by atoms with Crippen molar-refractivity contribution in [1.29, 1.82) is 0 Å². The fourth-order valence-electron chi connectivity index (χ4n) is 3.39. The van der Waals surface area contributed by atoms with E-state index in [0.717, 1.165) is 17.7 Å². The van der Waals surface area contributed by atoms with Crippen molar-refractivity contribution in [2.24, 2.45) is 11.8 Å². The fraction of sp³-hybridized carbons (Fsp3) is 0.500. The topological polar surface area (TPSA) is 57.6 Å². The molecule has 21 heavy (non-hydrogen) atoms.